The predicted molar refractivity (Wildman–Crippen MR) is 58.2 cm³/mol. The number of aromatic nitrogens is 1. The van der Waals surface area contributed by atoms with Gasteiger partial charge in [0.25, 0.3) is 0 Å². The molecule has 0 amide bonds. The van der Waals surface area contributed by atoms with Crippen molar-refractivity contribution in [3.8, 4) is 0 Å². The maximum atomic E-state index is 4.29. The molecule has 3 nitrogen and oxygen atoms in total. The first-order valence-electron chi connectivity index (χ1n) is 4.70. The second-order valence-corrected chi connectivity index (χ2v) is 3.50. The van der Waals surface area contributed by atoms with Crippen molar-refractivity contribution in [2.24, 2.45) is 11.0 Å². The van der Waals surface area contributed by atoms with Crippen LogP contribution in [0.3, 0.4) is 0 Å². The smallest absolute Gasteiger partial charge is 0.153 e. The molecule has 3 heteroatoms. The number of allylic oxidation sites excluding steroid dienone is 1. The van der Waals surface area contributed by atoms with Gasteiger partial charge in [-0.1, -0.05) is 19.1 Å². The molecule has 0 saturated heterocycles. The van der Waals surface area contributed by atoms with E-state index < -0.39 is 0 Å². The molecule has 1 aliphatic heterocycles. The topological polar surface area (TPSA) is 28.5 Å². The third kappa shape index (κ3) is 1.82. The standard InChI is InChI=1S/C11H13N3/c1-9-3-4-11(12-7-9)14-6-5-10(2)8-13-14/h3-8,10H,1-2H3. The lowest BCUT2D eigenvalue weighted by Gasteiger charge is -2.17. The first-order valence-corrected chi connectivity index (χ1v) is 4.70. The summed E-state index contributed by atoms with van der Waals surface area (Å²) in [6, 6.07) is 4.00. The summed E-state index contributed by atoms with van der Waals surface area (Å²) in [6.07, 6.45) is 7.79. The number of anilines is 1. The van der Waals surface area contributed by atoms with Crippen molar-refractivity contribution >= 4 is 12.0 Å². The number of hydrogen-bond acceptors (Lipinski definition) is 3. The third-order valence-corrected chi connectivity index (χ3v) is 2.09. The number of nitrogens with zero attached hydrogens (tertiary/aromatic N) is 3. The summed E-state index contributed by atoms with van der Waals surface area (Å²) in [5.41, 5.74) is 1.16. The fourth-order valence-electron chi connectivity index (χ4n) is 1.21. The molecule has 1 aromatic heterocycles. The fraction of sp³-hybridized carbons (Fsp3) is 0.273. The van der Waals surface area contributed by atoms with Crippen molar-refractivity contribution in [2.45, 2.75) is 13.8 Å². The molecule has 1 unspecified atom stereocenters. The van der Waals surface area contributed by atoms with E-state index in [9.17, 15) is 0 Å². The van der Waals surface area contributed by atoms with Gasteiger partial charge < -0.3 is 0 Å². The van der Waals surface area contributed by atoms with Crippen LogP contribution in [0.5, 0.6) is 0 Å². The zero-order chi connectivity index (χ0) is 9.97. The molecule has 1 atom stereocenters. The van der Waals surface area contributed by atoms with E-state index in [4.69, 9.17) is 0 Å². The Morgan fingerprint density at radius 1 is 1.36 bits per heavy atom. The van der Waals surface area contributed by atoms with Gasteiger partial charge in [-0.3, -0.25) is 0 Å². The van der Waals surface area contributed by atoms with Crippen LogP contribution in [0.1, 0.15) is 12.5 Å². The molecule has 0 fully saturated rings. The van der Waals surface area contributed by atoms with Crippen LogP contribution in [0.15, 0.2) is 35.7 Å². The second-order valence-electron chi connectivity index (χ2n) is 3.50. The molecule has 0 aliphatic carbocycles. The van der Waals surface area contributed by atoms with Gasteiger partial charge >= 0.3 is 0 Å². The SMILES string of the molecule is Cc1ccc(N2C=CC(C)C=N2)nc1. The van der Waals surface area contributed by atoms with Crippen LogP contribution in [0.4, 0.5) is 5.82 Å². The van der Waals surface area contributed by atoms with Crippen molar-refractivity contribution < 1.29 is 0 Å². The van der Waals surface area contributed by atoms with Gasteiger partial charge in [0, 0.05) is 24.5 Å². The Balaban J connectivity index is 2.20. The molecule has 0 spiro atoms. The Morgan fingerprint density at radius 3 is 2.79 bits per heavy atom. The van der Waals surface area contributed by atoms with Crippen LogP contribution in [0.25, 0.3) is 0 Å². The first-order chi connectivity index (χ1) is 6.75. The maximum absolute atomic E-state index is 4.29. The lowest BCUT2D eigenvalue weighted by molar-refractivity contribution is 0.920. The lowest BCUT2D eigenvalue weighted by atomic mass is 10.2. The Bertz CT molecular complexity index is 351. The van der Waals surface area contributed by atoms with E-state index in [1.54, 1.807) is 5.01 Å². The minimum absolute atomic E-state index is 0.414. The number of rotatable bonds is 1. The molecule has 1 aromatic rings. The third-order valence-electron chi connectivity index (χ3n) is 2.09. The number of hydrogen-bond donors (Lipinski definition) is 0. The van der Waals surface area contributed by atoms with Gasteiger partial charge in [-0.25, -0.2) is 9.99 Å². The van der Waals surface area contributed by atoms with E-state index in [-0.39, 0.29) is 0 Å². The average molecular weight is 187 g/mol. The molecule has 0 bridgehead atoms. The number of hydrazone groups is 1. The van der Waals surface area contributed by atoms with E-state index >= 15 is 0 Å². The Hall–Kier alpha value is -1.64. The van der Waals surface area contributed by atoms with Crippen LogP contribution < -0.4 is 5.01 Å². The Labute approximate surface area is 83.8 Å². The summed E-state index contributed by atoms with van der Waals surface area (Å²) in [7, 11) is 0. The average Bonchev–Trinajstić information content (AvgIpc) is 2.21. The highest BCUT2D eigenvalue weighted by Gasteiger charge is 2.06. The van der Waals surface area contributed by atoms with E-state index in [1.165, 1.54) is 0 Å². The number of pyridine rings is 1. The normalized spacial score (nSPS) is 20.1. The van der Waals surface area contributed by atoms with Gasteiger partial charge in [0.15, 0.2) is 5.82 Å². The van der Waals surface area contributed by atoms with Crippen LogP contribution in [-0.2, 0) is 0 Å². The molecule has 0 saturated carbocycles. The van der Waals surface area contributed by atoms with Crippen molar-refractivity contribution in [3.63, 3.8) is 0 Å². The van der Waals surface area contributed by atoms with E-state index in [0.717, 1.165) is 11.4 Å². The summed E-state index contributed by atoms with van der Waals surface area (Å²) in [5, 5.41) is 6.05. The molecule has 0 radical (unpaired) electrons. The van der Waals surface area contributed by atoms with Gasteiger partial charge in [-0.15, -0.1) is 0 Å². The fourth-order valence-corrected chi connectivity index (χ4v) is 1.21. The zero-order valence-corrected chi connectivity index (χ0v) is 8.38. The summed E-state index contributed by atoms with van der Waals surface area (Å²) < 4.78 is 0. The molecule has 14 heavy (non-hydrogen) atoms. The second kappa shape index (κ2) is 3.62. The van der Waals surface area contributed by atoms with Crippen LogP contribution >= 0.6 is 0 Å². The van der Waals surface area contributed by atoms with Crippen LogP contribution in [0.2, 0.25) is 0 Å². The zero-order valence-electron chi connectivity index (χ0n) is 8.38. The minimum Gasteiger partial charge on any atom is -0.237 e. The minimum atomic E-state index is 0.414. The Morgan fingerprint density at radius 2 is 2.21 bits per heavy atom. The molecule has 72 valence electrons. The van der Waals surface area contributed by atoms with Gasteiger partial charge in [-0.05, 0) is 18.6 Å². The van der Waals surface area contributed by atoms with E-state index in [2.05, 4.69) is 23.1 Å². The highest BCUT2D eigenvalue weighted by molar-refractivity contribution is 5.67. The van der Waals surface area contributed by atoms with E-state index in [1.807, 2.05) is 37.7 Å². The van der Waals surface area contributed by atoms with Crippen molar-refractivity contribution in [1.29, 1.82) is 0 Å². The van der Waals surface area contributed by atoms with Crippen molar-refractivity contribution in [3.05, 3.63) is 36.2 Å². The molecule has 2 heterocycles. The van der Waals surface area contributed by atoms with Crippen LogP contribution in [0, 0.1) is 12.8 Å². The predicted octanol–water partition coefficient (Wildman–Crippen LogP) is 2.35. The van der Waals surface area contributed by atoms with Gasteiger partial charge in [-0.2, -0.15) is 5.10 Å². The van der Waals surface area contributed by atoms with Crippen LogP contribution in [-0.4, -0.2) is 11.2 Å². The largest absolute Gasteiger partial charge is 0.237 e. The highest BCUT2D eigenvalue weighted by Crippen LogP contribution is 2.15. The Kier molecular flexibility index (Phi) is 2.31. The molecule has 1 aliphatic rings. The van der Waals surface area contributed by atoms with Gasteiger partial charge in [0.2, 0.25) is 0 Å². The van der Waals surface area contributed by atoms with Crippen molar-refractivity contribution in [2.75, 3.05) is 5.01 Å². The van der Waals surface area contributed by atoms with Gasteiger partial charge in [0.1, 0.15) is 0 Å². The number of aryl methyl sites for hydroxylation is 1. The van der Waals surface area contributed by atoms with E-state index in [0.29, 0.717) is 5.92 Å². The molecule has 0 N–H and O–H groups in total. The first kappa shape index (κ1) is 8.94. The summed E-state index contributed by atoms with van der Waals surface area (Å²) >= 11 is 0. The highest BCUT2D eigenvalue weighted by atomic mass is 15.5. The summed E-state index contributed by atoms with van der Waals surface area (Å²) in [5.74, 6) is 1.27. The summed E-state index contributed by atoms with van der Waals surface area (Å²) in [6.45, 7) is 4.12. The molecular weight excluding hydrogens is 174 g/mol. The molecular formula is C11H13N3. The van der Waals surface area contributed by atoms with Gasteiger partial charge in [0.05, 0.1) is 0 Å². The maximum Gasteiger partial charge on any atom is 0.153 e. The molecule has 2 rings (SSSR count). The monoisotopic (exact) mass is 187 g/mol. The molecule has 0 aromatic carbocycles. The summed E-state index contributed by atoms with van der Waals surface area (Å²) in [4.78, 5) is 4.29. The van der Waals surface area contributed by atoms with Crippen molar-refractivity contribution in [1.82, 2.24) is 4.98 Å². The lowest BCUT2D eigenvalue weighted by Crippen LogP contribution is -2.15. The quantitative estimate of drug-likeness (QED) is 0.675.